The molecule has 18 heavy (non-hydrogen) atoms. The molecule has 1 aliphatic rings. The Labute approximate surface area is 109 Å². The van der Waals surface area contributed by atoms with Crippen LogP contribution in [0, 0.1) is 5.41 Å². The highest BCUT2D eigenvalue weighted by Crippen LogP contribution is 2.16. The number of methoxy groups -OCH3 is 1. The summed E-state index contributed by atoms with van der Waals surface area (Å²) in [7, 11) is -1.90. The predicted octanol–water partition coefficient (Wildman–Crippen LogP) is -0.399. The SMILES string of the molecule is COCCN(CCC(=N)N)S(=O)(=O)N1CCCC1. The predicted molar refractivity (Wildman–Crippen MR) is 69.7 cm³/mol. The fraction of sp³-hybridized carbons (Fsp3) is 0.900. The van der Waals surface area contributed by atoms with Gasteiger partial charge in [0.25, 0.3) is 10.2 Å². The van der Waals surface area contributed by atoms with Crippen molar-refractivity contribution in [3.05, 3.63) is 0 Å². The highest BCUT2D eigenvalue weighted by molar-refractivity contribution is 7.86. The van der Waals surface area contributed by atoms with Crippen LogP contribution < -0.4 is 5.73 Å². The van der Waals surface area contributed by atoms with Gasteiger partial charge in [-0.2, -0.15) is 17.0 Å². The number of nitrogens with one attached hydrogen (secondary N) is 1. The number of hydrogen-bond donors (Lipinski definition) is 2. The molecule has 0 aromatic heterocycles. The van der Waals surface area contributed by atoms with Crippen molar-refractivity contribution in [2.75, 3.05) is 39.9 Å². The second-order valence-electron chi connectivity index (χ2n) is 4.28. The van der Waals surface area contributed by atoms with Crippen molar-refractivity contribution in [2.45, 2.75) is 19.3 Å². The molecule has 0 saturated carbocycles. The minimum absolute atomic E-state index is 0.00552. The van der Waals surface area contributed by atoms with Crippen molar-refractivity contribution >= 4 is 16.0 Å². The Bertz CT molecular complexity index is 365. The third-order valence-corrected chi connectivity index (χ3v) is 4.93. The molecule has 1 aliphatic heterocycles. The number of amidine groups is 1. The van der Waals surface area contributed by atoms with Gasteiger partial charge >= 0.3 is 0 Å². The number of nitrogens with zero attached hydrogens (tertiary/aromatic N) is 2. The fourth-order valence-electron chi connectivity index (χ4n) is 1.86. The summed E-state index contributed by atoms with van der Waals surface area (Å²) in [4.78, 5) is 0. The Hall–Kier alpha value is -0.700. The van der Waals surface area contributed by atoms with E-state index in [1.165, 1.54) is 15.7 Å². The molecule has 1 rings (SSSR count). The number of hydrogen-bond acceptors (Lipinski definition) is 4. The molecule has 0 radical (unpaired) electrons. The van der Waals surface area contributed by atoms with Gasteiger partial charge in [-0.1, -0.05) is 0 Å². The Morgan fingerprint density at radius 3 is 2.50 bits per heavy atom. The second kappa shape index (κ2) is 7.03. The van der Waals surface area contributed by atoms with Crippen LogP contribution in [-0.2, 0) is 14.9 Å². The van der Waals surface area contributed by atoms with Crippen molar-refractivity contribution in [3.8, 4) is 0 Å². The van der Waals surface area contributed by atoms with Crippen LogP contribution in [0.4, 0.5) is 0 Å². The molecule has 1 fully saturated rings. The average molecular weight is 278 g/mol. The first-order chi connectivity index (χ1) is 8.48. The fourth-order valence-corrected chi connectivity index (χ4v) is 3.54. The van der Waals surface area contributed by atoms with Gasteiger partial charge in [-0.25, -0.2) is 0 Å². The van der Waals surface area contributed by atoms with Gasteiger partial charge in [0.1, 0.15) is 0 Å². The minimum Gasteiger partial charge on any atom is -0.388 e. The Morgan fingerprint density at radius 1 is 1.39 bits per heavy atom. The first-order valence-electron chi connectivity index (χ1n) is 6.05. The van der Waals surface area contributed by atoms with Crippen molar-refractivity contribution < 1.29 is 13.2 Å². The molecular formula is C10H22N4O3S. The molecule has 0 aromatic rings. The van der Waals surface area contributed by atoms with Gasteiger partial charge in [-0.15, -0.1) is 0 Å². The Kier molecular flexibility index (Phi) is 6.00. The third-order valence-electron chi connectivity index (χ3n) is 2.89. The van der Waals surface area contributed by atoms with Crippen molar-refractivity contribution in [1.29, 1.82) is 5.41 Å². The van der Waals surface area contributed by atoms with E-state index in [9.17, 15) is 8.42 Å². The van der Waals surface area contributed by atoms with Gasteiger partial charge < -0.3 is 10.5 Å². The van der Waals surface area contributed by atoms with E-state index in [4.69, 9.17) is 15.9 Å². The lowest BCUT2D eigenvalue weighted by Crippen LogP contribution is -2.45. The van der Waals surface area contributed by atoms with Crippen LogP contribution in [0.25, 0.3) is 0 Å². The number of nitrogens with two attached hydrogens (primary N) is 1. The monoisotopic (exact) mass is 278 g/mol. The standard InChI is InChI=1S/C10H22N4O3S/c1-17-9-8-14(7-4-10(11)12)18(15,16)13-5-2-3-6-13/h2-9H2,1H3,(H3,11,12). The van der Waals surface area contributed by atoms with Gasteiger partial charge in [0, 0.05) is 39.7 Å². The van der Waals surface area contributed by atoms with Gasteiger partial charge in [0.2, 0.25) is 0 Å². The zero-order valence-corrected chi connectivity index (χ0v) is 11.6. The highest BCUT2D eigenvalue weighted by Gasteiger charge is 2.31. The third kappa shape index (κ3) is 4.20. The number of rotatable bonds is 8. The summed E-state index contributed by atoms with van der Waals surface area (Å²) in [6.07, 6.45) is 2.06. The van der Waals surface area contributed by atoms with Gasteiger partial charge in [-0.05, 0) is 12.8 Å². The van der Waals surface area contributed by atoms with Crippen LogP contribution in [0.15, 0.2) is 0 Å². The van der Waals surface area contributed by atoms with Crippen LogP contribution >= 0.6 is 0 Å². The Morgan fingerprint density at radius 2 is 2.00 bits per heavy atom. The molecule has 0 bridgehead atoms. The van der Waals surface area contributed by atoms with E-state index in [1.807, 2.05) is 0 Å². The van der Waals surface area contributed by atoms with Crippen molar-refractivity contribution in [3.63, 3.8) is 0 Å². The topological polar surface area (TPSA) is 99.7 Å². The van der Waals surface area contributed by atoms with Crippen molar-refractivity contribution in [2.24, 2.45) is 5.73 Å². The van der Waals surface area contributed by atoms with Gasteiger partial charge in [-0.3, -0.25) is 5.41 Å². The minimum atomic E-state index is -3.43. The largest absolute Gasteiger partial charge is 0.388 e. The molecule has 0 spiro atoms. The molecule has 106 valence electrons. The van der Waals surface area contributed by atoms with Crippen molar-refractivity contribution in [1.82, 2.24) is 8.61 Å². The molecule has 8 heteroatoms. The molecule has 0 unspecified atom stereocenters. The zero-order chi connectivity index (χ0) is 13.6. The maximum atomic E-state index is 12.3. The quantitative estimate of drug-likeness (QED) is 0.466. The van der Waals surface area contributed by atoms with Crippen LogP contribution in [0.5, 0.6) is 0 Å². The summed E-state index contributed by atoms with van der Waals surface area (Å²) in [5, 5.41) is 7.19. The maximum Gasteiger partial charge on any atom is 0.282 e. The normalized spacial score (nSPS) is 17.4. The second-order valence-corrected chi connectivity index (χ2v) is 6.21. The van der Waals surface area contributed by atoms with E-state index in [1.54, 1.807) is 0 Å². The Balaban J connectivity index is 2.69. The first kappa shape index (κ1) is 15.4. The molecule has 0 aromatic carbocycles. The van der Waals surface area contributed by atoms with E-state index in [2.05, 4.69) is 0 Å². The average Bonchev–Trinajstić information content (AvgIpc) is 2.82. The summed E-state index contributed by atoms with van der Waals surface area (Å²) in [6, 6.07) is 0. The van der Waals surface area contributed by atoms with Crippen LogP contribution in [0.2, 0.25) is 0 Å². The molecule has 0 atom stereocenters. The summed E-state index contributed by atoms with van der Waals surface area (Å²) in [5.74, 6) is -0.00552. The van der Waals surface area contributed by atoms with Gasteiger partial charge in [0.15, 0.2) is 0 Å². The van der Waals surface area contributed by atoms with E-state index < -0.39 is 10.2 Å². The smallest absolute Gasteiger partial charge is 0.282 e. The molecule has 0 aliphatic carbocycles. The highest BCUT2D eigenvalue weighted by atomic mass is 32.2. The molecule has 1 saturated heterocycles. The summed E-state index contributed by atoms with van der Waals surface area (Å²) < 4.78 is 32.4. The van der Waals surface area contributed by atoms with Gasteiger partial charge in [0.05, 0.1) is 12.4 Å². The molecule has 0 amide bonds. The summed E-state index contributed by atoms with van der Waals surface area (Å²) in [5.41, 5.74) is 5.28. The van der Waals surface area contributed by atoms with Crippen LogP contribution in [0.1, 0.15) is 19.3 Å². The lowest BCUT2D eigenvalue weighted by molar-refractivity contribution is 0.177. The maximum absolute atomic E-state index is 12.3. The molecular weight excluding hydrogens is 256 g/mol. The summed E-state index contributed by atoms with van der Waals surface area (Å²) >= 11 is 0. The zero-order valence-electron chi connectivity index (χ0n) is 10.8. The summed E-state index contributed by atoms with van der Waals surface area (Å²) in [6.45, 7) is 2.02. The van der Waals surface area contributed by atoms with Crippen LogP contribution in [0.3, 0.4) is 0 Å². The molecule has 3 N–H and O–H groups in total. The van der Waals surface area contributed by atoms with E-state index in [-0.39, 0.29) is 18.8 Å². The molecule has 1 heterocycles. The first-order valence-corrected chi connectivity index (χ1v) is 7.45. The van der Waals surface area contributed by atoms with E-state index >= 15 is 0 Å². The van der Waals surface area contributed by atoms with E-state index in [0.29, 0.717) is 26.2 Å². The lowest BCUT2D eigenvalue weighted by Gasteiger charge is -2.26. The van der Waals surface area contributed by atoms with Crippen LogP contribution in [-0.4, -0.2) is 62.8 Å². The lowest BCUT2D eigenvalue weighted by atomic mass is 10.4. The molecule has 7 nitrogen and oxygen atoms in total. The van der Waals surface area contributed by atoms with E-state index in [0.717, 1.165) is 12.8 Å². The number of ether oxygens (including phenoxy) is 1.